The fraction of sp³-hybridized carbons (Fsp3) is 0.113. The molecule has 0 spiro atoms. The van der Waals surface area contributed by atoms with Gasteiger partial charge in [-0.05, 0) is 99.3 Å². The van der Waals surface area contributed by atoms with E-state index < -0.39 is 0 Å². The maximum Gasteiger partial charge on any atom is 0.137 e. The highest BCUT2D eigenvalue weighted by atomic mass is 16.5. The Kier molecular flexibility index (Phi) is 9.51. The molecule has 1 aliphatic carbocycles. The molecule has 0 saturated carbocycles. The van der Waals surface area contributed by atoms with Gasteiger partial charge in [0.1, 0.15) is 17.3 Å². The lowest BCUT2D eigenvalue weighted by atomic mass is 9.74. The Bertz CT molecular complexity index is 3440. The Morgan fingerprint density at radius 3 is 1.75 bits per heavy atom. The molecule has 0 atom stereocenters. The number of aromatic nitrogens is 2. The van der Waals surface area contributed by atoms with Crippen LogP contribution in [0.5, 0.6) is 11.5 Å². The largest absolute Gasteiger partial charge is 0.457 e. The van der Waals surface area contributed by atoms with Crippen LogP contribution in [-0.2, 0) is 10.8 Å². The highest BCUT2D eigenvalue weighted by Crippen LogP contribution is 2.53. The second-order valence-electron chi connectivity index (χ2n) is 19.0. The standard InChI is InChI=1S/C62H50N4O/c1-61(2,3)44-33-34-63-59(38-44)66-57-37-45(62(4)55-27-13-11-23-51(55)52-24-12-14-28-56(52)62)29-31-53(57)54-32-30-48(40-58(54)66)67-47-22-15-21-46(39-47)64-35-36-65(41-64)60-49(42-17-7-5-8-18-42)25-16-26-50(60)43-19-9-6-10-20-43/h5-40H,41H2,1-4H3. The van der Waals surface area contributed by atoms with Crippen molar-refractivity contribution in [2.45, 2.75) is 38.5 Å². The van der Waals surface area contributed by atoms with Gasteiger partial charge < -0.3 is 14.5 Å². The van der Waals surface area contributed by atoms with Crippen molar-refractivity contribution in [3.05, 3.63) is 241 Å². The van der Waals surface area contributed by atoms with Gasteiger partial charge in [0.05, 0.1) is 23.4 Å². The summed E-state index contributed by atoms with van der Waals surface area (Å²) in [5.74, 6) is 2.41. The molecule has 5 nitrogen and oxygen atoms in total. The molecule has 12 rings (SSSR count). The van der Waals surface area contributed by atoms with Crippen LogP contribution in [0, 0.1) is 0 Å². The summed E-state index contributed by atoms with van der Waals surface area (Å²) >= 11 is 0. The van der Waals surface area contributed by atoms with Gasteiger partial charge in [-0.3, -0.25) is 4.57 Å². The number of hydrogen-bond donors (Lipinski definition) is 0. The first-order valence-electron chi connectivity index (χ1n) is 23.2. The predicted molar refractivity (Wildman–Crippen MR) is 278 cm³/mol. The lowest BCUT2D eigenvalue weighted by Crippen LogP contribution is -2.25. The number of hydrogen-bond acceptors (Lipinski definition) is 4. The Morgan fingerprint density at radius 1 is 0.507 bits per heavy atom. The third-order valence-corrected chi connectivity index (χ3v) is 14.0. The Labute approximate surface area is 392 Å². The van der Waals surface area contributed by atoms with Gasteiger partial charge in [0.25, 0.3) is 0 Å². The third-order valence-electron chi connectivity index (χ3n) is 14.0. The third kappa shape index (κ3) is 6.80. The van der Waals surface area contributed by atoms with Crippen molar-refractivity contribution in [2.75, 3.05) is 16.5 Å². The molecule has 1 aliphatic heterocycles. The minimum absolute atomic E-state index is 0.0529. The highest BCUT2D eigenvalue weighted by Gasteiger charge is 2.40. The van der Waals surface area contributed by atoms with Gasteiger partial charge >= 0.3 is 0 Å². The molecule has 2 aliphatic rings. The van der Waals surface area contributed by atoms with Crippen molar-refractivity contribution < 1.29 is 4.74 Å². The molecule has 0 fully saturated rings. The van der Waals surface area contributed by atoms with Crippen LogP contribution in [0.2, 0.25) is 0 Å². The lowest BCUT2D eigenvalue weighted by molar-refractivity contribution is 0.483. The highest BCUT2D eigenvalue weighted by molar-refractivity contribution is 6.10. The van der Waals surface area contributed by atoms with Crippen molar-refractivity contribution in [1.82, 2.24) is 9.55 Å². The van der Waals surface area contributed by atoms with E-state index >= 15 is 0 Å². The number of benzene rings is 8. The Hall–Kier alpha value is -8.15. The molecule has 3 heterocycles. The number of nitrogens with zero attached hydrogens (tertiary/aromatic N) is 4. The van der Waals surface area contributed by atoms with Gasteiger partial charge in [-0.1, -0.05) is 166 Å². The van der Waals surface area contributed by atoms with E-state index in [4.69, 9.17) is 9.72 Å². The molecule has 8 aromatic carbocycles. The normalized spacial score (nSPS) is 13.9. The molecular formula is C62H50N4O. The number of anilines is 2. The smallest absolute Gasteiger partial charge is 0.137 e. The second-order valence-corrected chi connectivity index (χ2v) is 19.0. The summed E-state index contributed by atoms with van der Waals surface area (Å²) in [5, 5.41) is 2.32. The van der Waals surface area contributed by atoms with Gasteiger partial charge in [0, 0.05) is 63.7 Å². The van der Waals surface area contributed by atoms with Crippen LogP contribution in [0.15, 0.2) is 219 Å². The summed E-state index contributed by atoms with van der Waals surface area (Å²) in [6.45, 7) is 9.80. The first-order chi connectivity index (χ1) is 32.7. The molecule has 0 N–H and O–H groups in total. The van der Waals surface area contributed by atoms with E-state index in [-0.39, 0.29) is 10.8 Å². The summed E-state index contributed by atoms with van der Waals surface area (Å²) < 4.78 is 9.15. The summed E-state index contributed by atoms with van der Waals surface area (Å²) in [4.78, 5) is 9.69. The number of ether oxygens (including phenoxy) is 1. The van der Waals surface area contributed by atoms with Crippen molar-refractivity contribution in [2.24, 2.45) is 0 Å². The van der Waals surface area contributed by atoms with Gasteiger partial charge in [-0.25, -0.2) is 4.98 Å². The monoisotopic (exact) mass is 866 g/mol. The van der Waals surface area contributed by atoms with Crippen molar-refractivity contribution in [1.29, 1.82) is 0 Å². The molecule has 0 bridgehead atoms. The number of rotatable bonds is 8. The van der Waals surface area contributed by atoms with E-state index in [0.717, 1.165) is 39.4 Å². The van der Waals surface area contributed by atoms with E-state index in [2.05, 4.69) is 249 Å². The Morgan fingerprint density at radius 2 is 1.07 bits per heavy atom. The van der Waals surface area contributed by atoms with E-state index in [1.54, 1.807) is 0 Å². The minimum Gasteiger partial charge on any atom is -0.457 e. The molecule has 67 heavy (non-hydrogen) atoms. The second kappa shape index (κ2) is 15.8. The molecule has 5 heteroatoms. The van der Waals surface area contributed by atoms with Crippen molar-refractivity contribution in [3.8, 4) is 50.7 Å². The van der Waals surface area contributed by atoms with Crippen LogP contribution >= 0.6 is 0 Å². The van der Waals surface area contributed by atoms with Gasteiger partial charge in [0.15, 0.2) is 0 Å². The van der Waals surface area contributed by atoms with Crippen LogP contribution in [-0.4, -0.2) is 16.2 Å². The zero-order chi connectivity index (χ0) is 45.3. The fourth-order valence-electron chi connectivity index (χ4n) is 10.5. The zero-order valence-corrected chi connectivity index (χ0v) is 38.2. The first-order valence-corrected chi connectivity index (χ1v) is 23.2. The fourth-order valence-corrected chi connectivity index (χ4v) is 10.5. The van der Waals surface area contributed by atoms with Gasteiger partial charge in [-0.15, -0.1) is 0 Å². The Balaban J connectivity index is 0.916. The summed E-state index contributed by atoms with van der Waals surface area (Å²) in [6, 6.07) is 72.0. The average Bonchev–Trinajstić information content (AvgIpc) is 4.06. The molecule has 2 aromatic heterocycles. The van der Waals surface area contributed by atoms with E-state index in [9.17, 15) is 0 Å². The maximum atomic E-state index is 6.82. The molecule has 0 unspecified atom stereocenters. The topological polar surface area (TPSA) is 33.5 Å². The molecule has 0 radical (unpaired) electrons. The van der Waals surface area contributed by atoms with Crippen molar-refractivity contribution >= 4 is 33.2 Å². The van der Waals surface area contributed by atoms with Gasteiger partial charge in [-0.2, -0.15) is 0 Å². The average molecular weight is 867 g/mol. The quantitative estimate of drug-likeness (QED) is 0.152. The maximum absolute atomic E-state index is 6.82. The number of pyridine rings is 1. The summed E-state index contributed by atoms with van der Waals surface area (Å²) in [5.41, 5.74) is 16.5. The van der Waals surface area contributed by atoms with E-state index in [1.807, 2.05) is 12.3 Å². The number of fused-ring (bicyclic) bond motifs is 6. The number of para-hydroxylation sites is 1. The van der Waals surface area contributed by atoms with Crippen LogP contribution in [0.3, 0.4) is 0 Å². The first kappa shape index (κ1) is 40.4. The van der Waals surface area contributed by atoms with Crippen LogP contribution in [0.1, 0.15) is 49.9 Å². The predicted octanol–water partition coefficient (Wildman–Crippen LogP) is 15.7. The lowest BCUT2D eigenvalue weighted by Gasteiger charge is -2.28. The zero-order valence-electron chi connectivity index (χ0n) is 38.2. The van der Waals surface area contributed by atoms with Crippen molar-refractivity contribution in [3.63, 3.8) is 0 Å². The van der Waals surface area contributed by atoms with Crippen LogP contribution in [0.4, 0.5) is 11.4 Å². The summed E-state index contributed by atoms with van der Waals surface area (Å²) in [6.07, 6.45) is 6.30. The minimum atomic E-state index is -0.334. The van der Waals surface area contributed by atoms with E-state index in [0.29, 0.717) is 6.67 Å². The van der Waals surface area contributed by atoms with Gasteiger partial charge in [0.2, 0.25) is 0 Å². The molecule has 0 saturated heterocycles. The molecular weight excluding hydrogens is 817 g/mol. The molecule has 324 valence electrons. The summed E-state index contributed by atoms with van der Waals surface area (Å²) in [7, 11) is 0. The SMILES string of the molecule is CC(C)(C)c1ccnc(-n2c3cc(Oc4cccc(N5C=CN(c6c(-c7ccccc7)cccc6-c6ccccc6)C5)c4)ccc3c3ccc(C4(C)c5ccccc5-c5ccccc54)cc32)c1. The molecule has 10 aromatic rings. The molecule has 0 amide bonds. The van der Waals surface area contributed by atoms with E-state index in [1.165, 1.54) is 66.7 Å². The van der Waals surface area contributed by atoms with Crippen LogP contribution < -0.4 is 14.5 Å². The van der Waals surface area contributed by atoms with Crippen LogP contribution in [0.25, 0.3) is 61.0 Å².